The number of benzene rings is 2. The summed E-state index contributed by atoms with van der Waals surface area (Å²) in [6, 6.07) is 19.7. The summed E-state index contributed by atoms with van der Waals surface area (Å²) in [4.78, 5) is 9.01. The van der Waals surface area contributed by atoms with Gasteiger partial charge < -0.3 is 29.6 Å². The van der Waals surface area contributed by atoms with E-state index >= 15 is 0 Å². The van der Waals surface area contributed by atoms with Gasteiger partial charge in [0.15, 0.2) is 6.23 Å². The number of fused-ring (bicyclic) bond motifs is 1. The van der Waals surface area contributed by atoms with Crippen molar-refractivity contribution in [1.29, 1.82) is 0 Å². The van der Waals surface area contributed by atoms with E-state index < -0.39 is 24.5 Å². The van der Waals surface area contributed by atoms with Crippen LogP contribution in [-0.2, 0) is 9.47 Å². The fourth-order valence-corrected chi connectivity index (χ4v) is 4.13. The normalized spacial score (nSPS) is 23.0. The summed E-state index contributed by atoms with van der Waals surface area (Å²) in [6.07, 6.45) is -0.286. The third-order valence-electron chi connectivity index (χ3n) is 5.67. The summed E-state index contributed by atoms with van der Waals surface area (Å²) in [6.45, 7) is 0.176. The highest BCUT2D eigenvalue weighted by atomic mass is 16.6. The number of ether oxygens (including phenoxy) is 2. The van der Waals surface area contributed by atoms with Gasteiger partial charge >= 0.3 is 0 Å². The summed E-state index contributed by atoms with van der Waals surface area (Å²) in [5.74, 6) is 0.639. The average molecular weight is 432 g/mol. The summed E-state index contributed by atoms with van der Waals surface area (Å²) in [5.41, 5.74) is 3.35. The van der Waals surface area contributed by atoms with E-state index in [1.807, 2.05) is 66.9 Å². The maximum atomic E-state index is 10.7. The second kappa shape index (κ2) is 8.68. The monoisotopic (exact) mass is 432 g/mol. The molecule has 2 aromatic carbocycles. The minimum absolute atomic E-state index is 0.176. The molecule has 0 radical (unpaired) electrons. The van der Waals surface area contributed by atoms with Crippen LogP contribution in [0, 0.1) is 0 Å². The number of anilines is 2. The average Bonchev–Trinajstić information content (AvgIpc) is 3.34. The highest BCUT2D eigenvalue weighted by Gasteiger charge is 2.44. The molecule has 0 saturated carbocycles. The highest BCUT2D eigenvalue weighted by molar-refractivity contribution is 6.02. The number of nitrogens with zero attached hydrogens (tertiary/aromatic N) is 3. The molecule has 8 nitrogen and oxygen atoms in total. The van der Waals surface area contributed by atoms with Crippen molar-refractivity contribution in [2.45, 2.75) is 24.5 Å². The lowest BCUT2D eigenvalue weighted by Crippen LogP contribution is -2.33. The van der Waals surface area contributed by atoms with E-state index in [-0.39, 0.29) is 6.61 Å². The van der Waals surface area contributed by atoms with Crippen LogP contribution in [0.25, 0.3) is 22.2 Å². The van der Waals surface area contributed by atoms with E-state index in [4.69, 9.17) is 9.47 Å². The molecule has 1 aliphatic heterocycles. The van der Waals surface area contributed by atoms with Gasteiger partial charge in [-0.1, -0.05) is 48.5 Å². The molecule has 0 spiro atoms. The molecule has 3 heterocycles. The number of hydrogen-bond donors (Lipinski definition) is 3. The molecule has 5 rings (SSSR count). The van der Waals surface area contributed by atoms with Crippen LogP contribution in [0.15, 0.2) is 73.2 Å². The van der Waals surface area contributed by atoms with Crippen LogP contribution in [-0.4, -0.2) is 56.8 Å². The predicted octanol–water partition coefficient (Wildman–Crippen LogP) is 3.11. The smallest absolute Gasteiger partial charge is 0.164 e. The van der Waals surface area contributed by atoms with Gasteiger partial charge in [-0.15, -0.1) is 0 Å². The molecule has 4 aromatic rings. The molecule has 0 aliphatic carbocycles. The quantitative estimate of drug-likeness (QED) is 0.430. The first-order valence-corrected chi connectivity index (χ1v) is 10.4. The summed E-state index contributed by atoms with van der Waals surface area (Å²) < 4.78 is 12.9. The number of hydrogen-bond acceptors (Lipinski definition) is 7. The van der Waals surface area contributed by atoms with Crippen molar-refractivity contribution in [1.82, 2.24) is 14.5 Å². The fourth-order valence-electron chi connectivity index (χ4n) is 4.13. The number of para-hydroxylation sites is 1. The van der Waals surface area contributed by atoms with Crippen LogP contribution in [0.1, 0.15) is 6.23 Å². The Kier molecular flexibility index (Phi) is 5.59. The van der Waals surface area contributed by atoms with Crippen molar-refractivity contribution in [3.05, 3.63) is 73.2 Å². The Balaban J connectivity index is 1.66. The molecule has 164 valence electrons. The first-order chi connectivity index (χ1) is 15.7. The van der Waals surface area contributed by atoms with Gasteiger partial charge in [0.1, 0.15) is 36.1 Å². The van der Waals surface area contributed by atoms with Gasteiger partial charge in [-0.25, -0.2) is 9.97 Å². The maximum absolute atomic E-state index is 10.7. The van der Waals surface area contributed by atoms with E-state index in [9.17, 15) is 10.2 Å². The summed E-state index contributed by atoms with van der Waals surface area (Å²) in [7, 11) is 1.53. The van der Waals surface area contributed by atoms with Crippen LogP contribution >= 0.6 is 0 Å². The van der Waals surface area contributed by atoms with Gasteiger partial charge in [0.25, 0.3) is 0 Å². The van der Waals surface area contributed by atoms with Crippen LogP contribution in [0.2, 0.25) is 0 Å². The number of nitrogens with one attached hydrogen (secondary N) is 1. The molecule has 0 bridgehead atoms. The van der Waals surface area contributed by atoms with Crippen molar-refractivity contribution in [2.75, 3.05) is 19.0 Å². The topological polar surface area (TPSA) is 102 Å². The summed E-state index contributed by atoms with van der Waals surface area (Å²) >= 11 is 0. The number of aromatic nitrogens is 3. The standard InChI is InChI=1S/C24H24N4O4/c1-31-13-18-20(29)21(30)24(32-18)28-12-17(15-8-4-2-5-9-15)19-22(25-14-26-23(19)28)27-16-10-6-3-7-11-16/h2-12,14,18,20-21,24,29-30H,13H2,1H3,(H,25,26,27)/t18-,20+,21+,24+/m0/s1. The maximum Gasteiger partial charge on any atom is 0.164 e. The molecule has 2 aromatic heterocycles. The third-order valence-corrected chi connectivity index (χ3v) is 5.67. The first-order valence-electron chi connectivity index (χ1n) is 10.4. The largest absolute Gasteiger partial charge is 0.387 e. The number of methoxy groups -OCH3 is 1. The van der Waals surface area contributed by atoms with Gasteiger partial charge in [0, 0.05) is 24.6 Å². The van der Waals surface area contributed by atoms with Crippen molar-refractivity contribution < 1.29 is 19.7 Å². The molecule has 4 atom stereocenters. The van der Waals surface area contributed by atoms with Gasteiger partial charge in [0.05, 0.1) is 12.0 Å². The van der Waals surface area contributed by atoms with E-state index in [1.165, 1.54) is 13.4 Å². The van der Waals surface area contributed by atoms with E-state index in [0.29, 0.717) is 11.5 Å². The molecule has 8 heteroatoms. The summed E-state index contributed by atoms with van der Waals surface area (Å²) in [5, 5.41) is 25.4. The van der Waals surface area contributed by atoms with Gasteiger partial charge in [-0.3, -0.25) is 0 Å². The Labute approximate surface area is 185 Å². The van der Waals surface area contributed by atoms with Crippen LogP contribution in [0.3, 0.4) is 0 Å². The van der Waals surface area contributed by atoms with Gasteiger partial charge in [-0.05, 0) is 17.7 Å². The zero-order valence-electron chi connectivity index (χ0n) is 17.5. The van der Waals surface area contributed by atoms with Gasteiger partial charge in [0.2, 0.25) is 0 Å². The minimum Gasteiger partial charge on any atom is -0.387 e. The second-order valence-corrected chi connectivity index (χ2v) is 7.73. The Morgan fingerprint density at radius 2 is 1.72 bits per heavy atom. The molecule has 32 heavy (non-hydrogen) atoms. The highest BCUT2D eigenvalue weighted by Crippen LogP contribution is 2.39. The van der Waals surface area contributed by atoms with E-state index in [1.54, 1.807) is 4.57 Å². The molecule has 3 N–H and O–H groups in total. The second-order valence-electron chi connectivity index (χ2n) is 7.73. The fraction of sp³-hybridized carbons (Fsp3) is 0.250. The zero-order valence-corrected chi connectivity index (χ0v) is 17.5. The number of rotatable bonds is 6. The zero-order chi connectivity index (χ0) is 22.1. The van der Waals surface area contributed by atoms with E-state index in [0.717, 1.165) is 22.2 Å². The Hall–Kier alpha value is -3.30. The third kappa shape index (κ3) is 3.63. The molecule has 1 fully saturated rings. The minimum atomic E-state index is -1.13. The Morgan fingerprint density at radius 3 is 2.44 bits per heavy atom. The SMILES string of the molecule is COC[C@@H]1O[C@@H](n2cc(-c3ccccc3)c3c(Nc4ccccc4)ncnc32)[C@H](O)[C@@H]1O. The predicted molar refractivity (Wildman–Crippen MR) is 120 cm³/mol. The Morgan fingerprint density at radius 1 is 1.00 bits per heavy atom. The first kappa shape index (κ1) is 20.6. The van der Waals surface area contributed by atoms with Crippen LogP contribution in [0.4, 0.5) is 11.5 Å². The molecule has 0 amide bonds. The van der Waals surface area contributed by atoms with Crippen molar-refractivity contribution in [3.8, 4) is 11.1 Å². The number of aliphatic hydroxyl groups is 2. The molecule has 1 aliphatic rings. The lowest BCUT2D eigenvalue weighted by Gasteiger charge is -2.17. The van der Waals surface area contributed by atoms with Crippen molar-refractivity contribution in [3.63, 3.8) is 0 Å². The van der Waals surface area contributed by atoms with Crippen molar-refractivity contribution >= 4 is 22.5 Å². The van der Waals surface area contributed by atoms with E-state index in [2.05, 4.69) is 15.3 Å². The Bertz CT molecular complexity index is 1200. The van der Waals surface area contributed by atoms with Crippen LogP contribution < -0.4 is 5.32 Å². The van der Waals surface area contributed by atoms with Gasteiger partial charge in [-0.2, -0.15) is 0 Å². The molecule has 1 saturated heterocycles. The molecular weight excluding hydrogens is 408 g/mol. The van der Waals surface area contributed by atoms with Crippen molar-refractivity contribution in [2.24, 2.45) is 0 Å². The lowest BCUT2D eigenvalue weighted by molar-refractivity contribution is -0.0577. The lowest BCUT2D eigenvalue weighted by atomic mass is 10.1. The molecule has 0 unspecified atom stereocenters. The van der Waals surface area contributed by atoms with Crippen LogP contribution in [0.5, 0.6) is 0 Å². The molecular formula is C24H24N4O4. The number of aliphatic hydroxyl groups excluding tert-OH is 2.